The highest BCUT2D eigenvalue weighted by Crippen LogP contribution is 2.06. The molecule has 0 fully saturated rings. The molecular weight excluding hydrogens is 206 g/mol. The number of rotatable bonds is 8. The molecule has 0 aliphatic rings. The van der Waals surface area contributed by atoms with E-state index in [1.165, 1.54) is 0 Å². The second kappa shape index (κ2) is 7.91. The summed E-state index contributed by atoms with van der Waals surface area (Å²) in [4.78, 5) is 22.3. The zero-order valence-electron chi connectivity index (χ0n) is 10.0. The normalized spacial score (nSPS) is 12.2. The maximum absolute atomic E-state index is 11.4. The fourth-order valence-corrected chi connectivity index (χ4v) is 1.37. The Balaban J connectivity index is 4.03. The standard InChI is InChI=1S/C12H21NO3/c1-4-5-6-7-11(14)13-10(12(15)16)8-9(2)3/h4,9-10H,1,5-8H2,2-3H3,(H,13,14)(H,15,16)/t10-/m0/s1. The largest absolute Gasteiger partial charge is 0.480 e. The van der Waals surface area contributed by atoms with E-state index in [4.69, 9.17) is 5.11 Å². The lowest BCUT2D eigenvalue weighted by Crippen LogP contribution is -2.41. The van der Waals surface area contributed by atoms with E-state index in [0.29, 0.717) is 19.3 Å². The van der Waals surface area contributed by atoms with Gasteiger partial charge < -0.3 is 10.4 Å². The molecule has 0 heterocycles. The third-order valence-electron chi connectivity index (χ3n) is 2.15. The number of hydrogen-bond acceptors (Lipinski definition) is 2. The number of amides is 1. The molecule has 92 valence electrons. The van der Waals surface area contributed by atoms with E-state index in [2.05, 4.69) is 11.9 Å². The highest BCUT2D eigenvalue weighted by molar-refractivity contribution is 5.83. The fourth-order valence-electron chi connectivity index (χ4n) is 1.37. The number of carboxylic acid groups (broad SMARTS) is 1. The lowest BCUT2D eigenvalue weighted by Gasteiger charge is -2.16. The van der Waals surface area contributed by atoms with Gasteiger partial charge in [-0.2, -0.15) is 0 Å². The van der Waals surface area contributed by atoms with E-state index in [0.717, 1.165) is 6.42 Å². The Kier molecular flexibility index (Phi) is 7.25. The molecule has 16 heavy (non-hydrogen) atoms. The molecule has 0 radical (unpaired) electrons. The number of nitrogens with one attached hydrogen (secondary N) is 1. The van der Waals surface area contributed by atoms with Crippen molar-refractivity contribution in [2.75, 3.05) is 0 Å². The van der Waals surface area contributed by atoms with Gasteiger partial charge in [0.2, 0.25) is 5.91 Å². The molecule has 0 saturated carbocycles. The molecule has 0 aromatic rings. The smallest absolute Gasteiger partial charge is 0.326 e. The van der Waals surface area contributed by atoms with Crippen LogP contribution < -0.4 is 5.32 Å². The third-order valence-corrected chi connectivity index (χ3v) is 2.15. The summed E-state index contributed by atoms with van der Waals surface area (Å²) in [6.45, 7) is 7.42. The number of hydrogen-bond donors (Lipinski definition) is 2. The van der Waals surface area contributed by atoms with Crippen LogP contribution in [-0.2, 0) is 9.59 Å². The van der Waals surface area contributed by atoms with Crippen molar-refractivity contribution in [3.05, 3.63) is 12.7 Å². The van der Waals surface area contributed by atoms with Crippen molar-refractivity contribution in [3.8, 4) is 0 Å². The van der Waals surface area contributed by atoms with Crippen molar-refractivity contribution in [1.82, 2.24) is 5.32 Å². The van der Waals surface area contributed by atoms with E-state index in [1.807, 2.05) is 13.8 Å². The van der Waals surface area contributed by atoms with Gasteiger partial charge in [-0.3, -0.25) is 4.79 Å². The fraction of sp³-hybridized carbons (Fsp3) is 0.667. The van der Waals surface area contributed by atoms with E-state index in [1.54, 1.807) is 6.08 Å². The monoisotopic (exact) mass is 227 g/mol. The Labute approximate surface area is 96.7 Å². The molecule has 0 aliphatic carbocycles. The second-order valence-electron chi connectivity index (χ2n) is 4.27. The summed E-state index contributed by atoms with van der Waals surface area (Å²) >= 11 is 0. The van der Waals surface area contributed by atoms with Gasteiger partial charge in [0.1, 0.15) is 6.04 Å². The van der Waals surface area contributed by atoms with Gasteiger partial charge in [-0.25, -0.2) is 4.79 Å². The molecule has 4 nitrogen and oxygen atoms in total. The second-order valence-corrected chi connectivity index (χ2v) is 4.27. The summed E-state index contributed by atoms with van der Waals surface area (Å²) in [5, 5.41) is 11.4. The van der Waals surface area contributed by atoms with Crippen molar-refractivity contribution in [1.29, 1.82) is 0 Å². The molecule has 0 rings (SSSR count). The van der Waals surface area contributed by atoms with Crippen molar-refractivity contribution < 1.29 is 14.7 Å². The molecule has 0 spiro atoms. The van der Waals surface area contributed by atoms with Gasteiger partial charge in [0.15, 0.2) is 0 Å². The number of allylic oxidation sites excluding steroid dienone is 1. The van der Waals surface area contributed by atoms with Crippen molar-refractivity contribution >= 4 is 11.9 Å². The molecule has 0 bridgehead atoms. The van der Waals surface area contributed by atoms with Crippen LogP contribution in [0.3, 0.4) is 0 Å². The molecule has 1 atom stereocenters. The average Bonchev–Trinajstić information content (AvgIpc) is 2.16. The summed E-state index contributed by atoms with van der Waals surface area (Å²) in [6.07, 6.45) is 4.05. The Bertz CT molecular complexity index is 249. The molecule has 1 amide bonds. The highest BCUT2D eigenvalue weighted by Gasteiger charge is 2.20. The number of carboxylic acids is 1. The van der Waals surface area contributed by atoms with Crippen LogP contribution in [0.15, 0.2) is 12.7 Å². The Morgan fingerprint density at radius 2 is 2.06 bits per heavy atom. The third kappa shape index (κ3) is 7.04. The topological polar surface area (TPSA) is 66.4 Å². The highest BCUT2D eigenvalue weighted by atomic mass is 16.4. The minimum Gasteiger partial charge on any atom is -0.480 e. The quantitative estimate of drug-likeness (QED) is 0.492. The maximum Gasteiger partial charge on any atom is 0.326 e. The Morgan fingerprint density at radius 1 is 1.44 bits per heavy atom. The first-order chi connectivity index (χ1) is 7.47. The van der Waals surface area contributed by atoms with Crippen LogP contribution in [-0.4, -0.2) is 23.0 Å². The van der Waals surface area contributed by atoms with Crippen LogP contribution in [0.1, 0.15) is 39.5 Å². The van der Waals surface area contributed by atoms with E-state index in [-0.39, 0.29) is 11.8 Å². The Hall–Kier alpha value is -1.32. The van der Waals surface area contributed by atoms with Gasteiger partial charge in [-0.1, -0.05) is 19.9 Å². The lowest BCUT2D eigenvalue weighted by molar-refractivity contribution is -0.142. The predicted octanol–water partition coefficient (Wildman–Crippen LogP) is 1.96. The predicted molar refractivity (Wildman–Crippen MR) is 63.1 cm³/mol. The first-order valence-electron chi connectivity index (χ1n) is 5.60. The van der Waals surface area contributed by atoms with Gasteiger partial charge in [-0.05, 0) is 25.2 Å². The van der Waals surface area contributed by atoms with Crippen molar-refractivity contribution in [2.24, 2.45) is 5.92 Å². The van der Waals surface area contributed by atoms with Gasteiger partial charge in [-0.15, -0.1) is 6.58 Å². The molecule has 0 aromatic heterocycles. The number of unbranched alkanes of at least 4 members (excludes halogenated alkanes) is 1. The van der Waals surface area contributed by atoms with Gasteiger partial charge in [0, 0.05) is 6.42 Å². The van der Waals surface area contributed by atoms with Crippen LogP contribution in [0.4, 0.5) is 0 Å². The van der Waals surface area contributed by atoms with Gasteiger partial charge >= 0.3 is 5.97 Å². The first-order valence-corrected chi connectivity index (χ1v) is 5.60. The maximum atomic E-state index is 11.4. The molecular formula is C12H21NO3. The number of aliphatic carboxylic acids is 1. The van der Waals surface area contributed by atoms with E-state index in [9.17, 15) is 9.59 Å². The van der Waals surface area contributed by atoms with E-state index < -0.39 is 12.0 Å². The van der Waals surface area contributed by atoms with E-state index >= 15 is 0 Å². The van der Waals surface area contributed by atoms with Crippen LogP contribution in [0, 0.1) is 5.92 Å². The first kappa shape index (κ1) is 14.7. The SMILES string of the molecule is C=CCCCC(=O)N[C@@H](CC(C)C)C(=O)O. The van der Waals surface area contributed by atoms with Crippen LogP contribution in [0.25, 0.3) is 0 Å². The van der Waals surface area contributed by atoms with Crippen LogP contribution >= 0.6 is 0 Å². The van der Waals surface area contributed by atoms with Gasteiger partial charge in [0.25, 0.3) is 0 Å². The minimum atomic E-state index is -0.967. The average molecular weight is 227 g/mol. The van der Waals surface area contributed by atoms with Gasteiger partial charge in [0.05, 0.1) is 0 Å². The Morgan fingerprint density at radius 3 is 2.50 bits per heavy atom. The van der Waals surface area contributed by atoms with Crippen molar-refractivity contribution in [3.63, 3.8) is 0 Å². The minimum absolute atomic E-state index is 0.199. The molecule has 0 aromatic carbocycles. The zero-order valence-corrected chi connectivity index (χ0v) is 10.0. The lowest BCUT2D eigenvalue weighted by atomic mass is 10.0. The number of carbonyl (C=O) groups excluding carboxylic acids is 1. The van der Waals surface area contributed by atoms with Crippen LogP contribution in [0.2, 0.25) is 0 Å². The summed E-state index contributed by atoms with van der Waals surface area (Å²) in [7, 11) is 0. The molecule has 4 heteroatoms. The summed E-state index contributed by atoms with van der Waals surface area (Å²) in [6, 6.07) is -0.767. The molecule has 0 saturated heterocycles. The molecule has 0 aliphatic heterocycles. The number of carbonyl (C=O) groups is 2. The molecule has 2 N–H and O–H groups in total. The molecule has 0 unspecified atom stereocenters. The van der Waals surface area contributed by atoms with Crippen LogP contribution in [0.5, 0.6) is 0 Å². The summed E-state index contributed by atoms with van der Waals surface area (Å²) < 4.78 is 0. The van der Waals surface area contributed by atoms with Crippen molar-refractivity contribution in [2.45, 2.75) is 45.6 Å². The summed E-state index contributed by atoms with van der Waals surface area (Å²) in [5.74, 6) is -0.921. The zero-order chi connectivity index (χ0) is 12.6. The summed E-state index contributed by atoms with van der Waals surface area (Å²) in [5.41, 5.74) is 0.